The molecule has 0 aliphatic rings. The molecule has 0 spiro atoms. The Labute approximate surface area is 360 Å². The van der Waals surface area contributed by atoms with Crippen LogP contribution in [0.15, 0.2) is 72.9 Å². The highest BCUT2D eigenvalue weighted by Gasteiger charge is 2.25. The van der Waals surface area contributed by atoms with Gasteiger partial charge in [-0.05, 0) is 70.6 Å². The van der Waals surface area contributed by atoms with Crippen LogP contribution in [0.1, 0.15) is 168 Å². The van der Waals surface area contributed by atoms with E-state index in [1.54, 1.807) is 0 Å². The molecule has 59 heavy (non-hydrogen) atoms. The summed E-state index contributed by atoms with van der Waals surface area (Å²) in [7, 11) is 5.92. The van der Waals surface area contributed by atoms with E-state index in [1.165, 1.54) is 70.6 Å². The SMILES string of the molecule is CC/C=C\C/C=C\C/C=C\C/C=C\CCC(=O)OC(COC(=O)CCCCCCCCCCC/C=C\C/C=C\CCCCCCC)COC(OCC[N+](C)(C)C)C(=O)O. The molecule has 0 aromatic carbocycles. The Balaban J connectivity index is 4.44. The van der Waals surface area contributed by atoms with E-state index in [0.717, 1.165) is 64.2 Å². The van der Waals surface area contributed by atoms with Crippen LogP contribution < -0.4 is 0 Å². The van der Waals surface area contributed by atoms with E-state index >= 15 is 0 Å². The molecule has 0 saturated carbocycles. The third kappa shape index (κ3) is 42.7. The summed E-state index contributed by atoms with van der Waals surface area (Å²) in [5, 5.41) is 9.63. The summed E-state index contributed by atoms with van der Waals surface area (Å²) in [5.74, 6) is -2.13. The number of hydrogen-bond acceptors (Lipinski definition) is 7. The number of carbonyl (C=O) groups is 3. The highest BCUT2D eigenvalue weighted by molar-refractivity contribution is 5.71. The Morgan fingerprint density at radius 1 is 0.525 bits per heavy atom. The summed E-state index contributed by atoms with van der Waals surface area (Å²) in [5.41, 5.74) is 0. The highest BCUT2D eigenvalue weighted by Crippen LogP contribution is 2.13. The van der Waals surface area contributed by atoms with Crippen molar-refractivity contribution in [3.05, 3.63) is 72.9 Å². The quantitative estimate of drug-likeness (QED) is 0.0213. The molecule has 9 heteroatoms. The van der Waals surface area contributed by atoms with E-state index in [9.17, 15) is 19.5 Å². The molecule has 0 aromatic heterocycles. The molecule has 0 fully saturated rings. The first-order chi connectivity index (χ1) is 28.6. The average Bonchev–Trinajstić information content (AvgIpc) is 3.19. The second-order valence-corrected chi connectivity index (χ2v) is 16.3. The second-order valence-electron chi connectivity index (χ2n) is 16.3. The first-order valence-corrected chi connectivity index (χ1v) is 23.1. The Morgan fingerprint density at radius 2 is 1.00 bits per heavy atom. The summed E-state index contributed by atoms with van der Waals surface area (Å²) in [6, 6.07) is 0. The van der Waals surface area contributed by atoms with E-state index in [-0.39, 0.29) is 38.6 Å². The minimum absolute atomic E-state index is 0.135. The van der Waals surface area contributed by atoms with Crippen LogP contribution in [-0.2, 0) is 33.3 Å². The summed E-state index contributed by atoms with van der Waals surface area (Å²) < 4.78 is 22.6. The largest absolute Gasteiger partial charge is 0.477 e. The van der Waals surface area contributed by atoms with E-state index in [0.29, 0.717) is 17.4 Å². The molecule has 0 rings (SSSR count). The van der Waals surface area contributed by atoms with E-state index in [2.05, 4.69) is 74.6 Å². The van der Waals surface area contributed by atoms with Gasteiger partial charge in [-0.1, -0.05) is 157 Å². The molecule has 0 heterocycles. The van der Waals surface area contributed by atoms with Gasteiger partial charge in [0.15, 0.2) is 6.10 Å². The van der Waals surface area contributed by atoms with Crippen LogP contribution in [0.3, 0.4) is 0 Å². The van der Waals surface area contributed by atoms with E-state index in [1.807, 2.05) is 33.3 Å². The predicted molar refractivity (Wildman–Crippen MR) is 244 cm³/mol. The third-order valence-corrected chi connectivity index (χ3v) is 9.46. The van der Waals surface area contributed by atoms with Gasteiger partial charge in [0.2, 0.25) is 0 Å². The predicted octanol–water partition coefficient (Wildman–Crippen LogP) is 12.3. The van der Waals surface area contributed by atoms with Crippen molar-refractivity contribution in [3.8, 4) is 0 Å². The Bertz CT molecular complexity index is 1200. The third-order valence-electron chi connectivity index (χ3n) is 9.46. The number of nitrogens with zero attached hydrogens (tertiary/aromatic N) is 1. The van der Waals surface area contributed by atoms with Crippen molar-refractivity contribution in [1.29, 1.82) is 0 Å². The van der Waals surface area contributed by atoms with Gasteiger partial charge in [0, 0.05) is 12.8 Å². The van der Waals surface area contributed by atoms with Crippen LogP contribution in [-0.4, -0.2) is 87.4 Å². The molecule has 0 bridgehead atoms. The van der Waals surface area contributed by atoms with Crippen LogP contribution in [0.25, 0.3) is 0 Å². The number of quaternary nitrogens is 1. The van der Waals surface area contributed by atoms with Crippen molar-refractivity contribution in [2.75, 3.05) is 47.5 Å². The van der Waals surface area contributed by atoms with Crippen LogP contribution >= 0.6 is 0 Å². The van der Waals surface area contributed by atoms with Gasteiger partial charge in [0.25, 0.3) is 6.29 Å². The van der Waals surface area contributed by atoms with E-state index in [4.69, 9.17) is 18.9 Å². The molecule has 0 radical (unpaired) electrons. The standard InChI is InChI=1S/C50H85NO8/c1-6-8-10-12-14-16-18-20-21-22-23-24-25-26-27-29-30-32-34-36-38-40-47(52)57-44-46(45-58-50(49(54)55)56-43-42-51(3,4)5)59-48(53)41-39-37-35-33-31-28-19-17-15-13-11-9-7-2/h9,11,15,17-18,20,22-23,28,31,35,37,46,50H,6-8,10,12-14,16,19,21,24-27,29-30,32-34,36,38-45H2,1-5H3/p+1/b11-9-,17-15-,20-18-,23-22-,31-28-,37-35-. The molecule has 0 aromatic rings. The van der Waals surface area contributed by atoms with Crippen molar-refractivity contribution >= 4 is 17.9 Å². The molecule has 338 valence electrons. The lowest BCUT2D eigenvalue weighted by Gasteiger charge is -2.25. The van der Waals surface area contributed by atoms with Gasteiger partial charge < -0.3 is 28.5 Å². The second kappa shape index (κ2) is 41.5. The van der Waals surface area contributed by atoms with Crippen molar-refractivity contribution in [2.45, 2.75) is 180 Å². The highest BCUT2D eigenvalue weighted by atomic mass is 16.7. The van der Waals surface area contributed by atoms with Crippen molar-refractivity contribution < 1.29 is 42.9 Å². The van der Waals surface area contributed by atoms with Gasteiger partial charge in [-0.25, -0.2) is 4.79 Å². The zero-order chi connectivity index (χ0) is 43.5. The monoisotopic (exact) mass is 829 g/mol. The molecular formula is C50H86NO8+. The summed E-state index contributed by atoms with van der Waals surface area (Å²) in [6.07, 6.45) is 48.4. The number of hydrogen-bond donors (Lipinski definition) is 1. The molecule has 1 N–H and O–H groups in total. The maximum Gasteiger partial charge on any atom is 0.361 e. The summed E-state index contributed by atoms with van der Waals surface area (Å²) in [6.45, 7) is 4.64. The maximum atomic E-state index is 12.7. The fourth-order valence-electron chi connectivity index (χ4n) is 5.88. The van der Waals surface area contributed by atoms with Gasteiger partial charge in [-0.15, -0.1) is 0 Å². The first-order valence-electron chi connectivity index (χ1n) is 23.1. The van der Waals surface area contributed by atoms with Gasteiger partial charge in [0.1, 0.15) is 13.2 Å². The molecule has 9 nitrogen and oxygen atoms in total. The molecular weight excluding hydrogens is 743 g/mol. The summed E-state index contributed by atoms with van der Waals surface area (Å²) in [4.78, 5) is 37.1. The average molecular weight is 829 g/mol. The Morgan fingerprint density at radius 3 is 1.51 bits per heavy atom. The molecule has 2 unspecified atom stereocenters. The molecule has 0 aliphatic carbocycles. The van der Waals surface area contributed by atoms with Gasteiger partial charge >= 0.3 is 17.9 Å². The first kappa shape index (κ1) is 55.7. The van der Waals surface area contributed by atoms with Crippen molar-refractivity contribution in [1.82, 2.24) is 0 Å². The minimum Gasteiger partial charge on any atom is -0.477 e. The fourth-order valence-corrected chi connectivity index (χ4v) is 5.88. The zero-order valence-corrected chi connectivity index (χ0v) is 38.1. The van der Waals surface area contributed by atoms with Gasteiger partial charge in [0.05, 0.1) is 34.4 Å². The van der Waals surface area contributed by atoms with Gasteiger partial charge in [-0.3, -0.25) is 9.59 Å². The number of esters is 2. The summed E-state index contributed by atoms with van der Waals surface area (Å²) >= 11 is 0. The number of rotatable bonds is 41. The number of unbranched alkanes of at least 4 members (excludes halogenated alkanes) is 14. The lowest BCUT2D eigenvalue weighted by atomic mass is 10.1. The Kier molecular flexibility index (Phi) is 39.2. The smallest absolute Gasteiger partial charge is 0.361 e. The van der Waals surface area contributed by atoms with Crippen LogP contribution in [0, 0.1) is 0 Å². The van der Waals surface area contributed by atoms with Crippen LogP contribution in [0.4, 0.5) is 0 Å². The maximum absolute atomic E-state index is 12.7. The van der Waals surface area contributed by atoms with Crippen LogP contribution in [0.2, 0.25) is 0 Å². The number of ether oxygens (including phenoxy) is 4. The number of likely N-dealkylation sites (N-methyl/N-ethyl adjacent to an activating group) is 1. The number of carboxylic acids is 1. The van der Waals surface area contributed by atoms with Crippen LogP contribution in [0.5, 0.6) is 0 Å². The molecule has 2 atom stereocenters. The Hall–Kier alpha value is -3.27. The number of aliphatic carboxylic acids is 1. The number of carboxylic acid groups (broad SMARTS) is 1. The number of carbonyl (C=O) groups excluding carboxylic acids is 2. The number of allylic oxidation sites excluding steroid dienone is 12. The van der Waals surface area contributed by atoms with E-state index < -0.39 is 24.3 Å². The lowest BCUT2D eigenvalue weighted by Crippen LogP contribution is -2.40. The molecule has 0 aliphatic heterocycles. The minimum atomic E-state index is -1.53. The normalized spacial score (nSPS) is 13.6. The topological polar surface area (TPSA) is 108 Å². The molecule has 0 saturated heterocycles. The fraction of sp³-hybridized carbons (Fsp3) is 0.700. The molecule has 0 amide bonds. The van der Waals surface area contributed by atoms with Crippen molar-refractivity contribution in [2.24, 2.45) is 0 Å². The van der Waals surface area contributed by atoms with Gasteiger partial charge in [-0.2, -0.15) is 0 Å². The van der Waals surface area contributed by atoms with Crippen molar-refractivity contribution in [3.63, 3.8) is 0 Å². The lowest BCUT2D eigenvalue weighted by molar-refractivity contribution is -0.870. The zero-order valence-electron chi connectivity index (χ0n) is 38.1.